The maximum Gasteiger partial charge on any atom is 0.306 e. The van der Waals surface area contributed by atoms with Crippen LogP contribution in [0.4, 0.5) is 0 Å². The predicted octanol–water partition coefficient (Wildman–Crippen LogP) is 2.89. The van der Waals surface area contributed by atoms with Gasteiger partial charge in [-0.05, 0) is 49.3 Å². The van der Waals surface area contributed by atoms with Crippen molar-refractivity contribution in [1.29, 1.82) is 0 Å². The Kier molecular flexibility index (Phi) is 3.95. The standard InChI is InChI=1S/C17H21NO3/c19-16(18-10-8-15(9-11-18)17(20)21)14-6-4-13(5-7-14)12-2-1-3-12/h4-7,12,15H,1-3,8-11H2,(H,20,21). The van der Waals surface area contributed by atoms with E-state index < -0.39 is 5.97 Å². The van der Waals surface area contributed by atoms with E-state index in [0.717, 1.165) is 0 Å². The van der Waals surface area contributed by atoms with Crippen LogP contribution in [0.15, 0.2) is 24.3 Å². The monoisotopic (exact) mass is 287 g/mol. The second-order valence-corrected chi connectivity index (χ2v) is 6.15. The Morgan fingerprint density at radius 1 is 1.00 bits per heavy atom. The zero-order valence-corrected chi connectivity index (χ0v) is 12.1. The molecule has 1 saturated carbocycles. The fraction of sp³-hybridized carbons (Fsp3) is 0.529. The Labute approximate surface area is 124 Å². The van der Waals surface area contributed by atoms with Crippen LogP contribution in [-0.2, 0) is 4.79 Å². The average Bonchev–Trinajstić information content (AvgIpc) is 2.46. The van der Waals surface area contributed by atoms with E-state index in [4.69, 9.17) is 5.11 Å². The molecule has 4 heteroatoms. The Morgan fingerprint density at radius 2 is 1.62 bits per heavy atom. The number of carboxylic acids is 1. The minimum atomic E-state index is -0.744. The largest absolute Gasteiger partial charge is 0.481 e. The van der Waals surface area contributed by atoms with Gasteiger partial charge in [0.2, 0.25) is 0 Å². The van der Waals surface area contributed by atoms with Crippen molar-refractivity contribution < 1.29 is 14.7 Å². The number of amides is 1. The highest BCUT2D eigenvalue weighted by Gasteiger charge is 2.27. The Bertz CT molecular complexity index is 525. The summed E-state index contributed by atoms with van der Waals surface area (Å²) in [7, 11) is 0. The third-order valence-electron chi connectivity index (χ3n) is 4.87. The highest BCUT2D eigenvalue weighted by Crippen LogP contribution is 2.36. The van der Waals surface area contributed by atoms with E-state index in [-0.39, 0.29) is 11.8 Å². The maximum atomic E-state index is 12.4. The first-order valence-electron chi connectivity index (χ1n) is 7.77. The van der Waals surface area contributed by atoms with Gasteiger partial charge in [0.25, 0.3) is 5.91 Å². The molecular formula is C17H21NO3. The van der Waals surface area contributed by atoms with Crippen LogP contribution in [0, 0.1) is 5.92 Å². The SMILES string of the molecule is O=C(O)C1CCN(C(=O)c2ccc(C3CCC3)cc2)CC1. The van der Waals surface area contributed by atoms with Crippen molar-refractivity contribution in [2.24, 2.45) is 5.92 Å². The van der Waals surface area contributed by atoms with E-state index in [0.29, 0.717) is 37.4 Å². The van der Waals surface area contributed by atoms with Gasteiger partial charge in [0.15, 0.2) is 0 Å². The molecule has 1 aliphatic carbocycles. The van der Waals surface area contributed by atoms with E-state index in [1.165, 1.54) is 24.8 Å². The first-order valence-corrected chi connectivity index (χ1v) is 7.77. The van der Waals surface area contributed by atoms with Gasteiger partial charge in [0.05, 0.1) is 5.92 Å². The minimum Gasteiger partial charge on any atom is -0.481 e. The summed E-state index contributed by atoms with van der Waals surface area (Å²) >= 11 is 0. The normalized spacial score (nSPS) is 20.1. The van der Waals surface area contributed by atoms with Crippen LogP contribution < -0.4 is 0 Å². The lowest BCUT2D eigenvalue weighted by atomic mass is 9.80. The van der Waals surface area contributed by atoms with Crippen LogP contribution >= 0.6 is 0 Å². The second kappa shape index (κ2) is 5.88. The summed E-state index contributed by atoms with van der Waals surface area (Å²) < 4.78 is 0. The van der Waals surface area contributed by atoms with Crippen LogP contribution in [0.25, 0.3) is 0 Å². The third kappa shape index (κ3) is 2.94. The number of likely N-dealkylation sites (tertiary alicyclic amines) is 1. The molecule has 1 aliphatic heterocycles. The van der Waals surface area contributed by atoms with Gasteiger partial charge in [0, 0.05) is 18.7 Å². The Hall–Kier alpha value is -1.84. The molecule has 3 rings (SSSR count). The summed E-state index contributed by atoms with van der Waals surface area (Å²) in [6, 6.07) is 7.97. The average molecular weight is 287 g/mol. The maximum absolute atomic E-state index is 12.4. The van der Waals surface area contributed by atoms with Gasteiger partial charge in [-0.15, -0.1) is 0 Å². The van der Waals surface area contributed by atoms with Crippen molar-refractivity contribution in [3.63, 3.8) is 0 Å². The van der Waals surface area contributed by atoms with Gasteiger partial charge < -0.3 is 10.0 Å². The fourth-order valence-electron chi connectivity index (χ4n) is 3.15. The van der Waals surface area contributed by atoms with E-state index in [2.05, 4.69) is 12.1 Å². The number of carbonyl (C=O) groups excluding carboxylic acids is 1. The number of carbonyl (C=O) groups is 2. The molecule has 2 aliphatic rings. The van der Waals surface area contributed by atoms with E-state index >= 15 is 0 Å². The second-order valence-electron chi connectivity index (χ2n) is 6.15. The van der Waals surface area contributed by atoms with E-state index in [1.807, 2.05) is 12.1 Å². The summed E-state index contributed by atoms with van der Waals surface area (Å²) in [6.07, 6.45) is 4.94. The van der Waals surface area contributed by atoms with E-state index in [1.54, 1.807) is 4.90 Å². The summed E-state index contributed by atoms with van der Waals surface area (Å²) in [5, 5.41) is 8.99. The van der Waals surface area contributed by atoms with Crippen molar-refractivity contribution in [3.8, 4) is 0 Å². The van der Waals surface area contributed by atoms with Crippen LogP contribution in [0.5, 0.6) is 0 Å². The Balaban J connectivity index is 1.61. The van der Waals surface area contributed by atoms with Crippen LogP contribution in [0.3, 0.4) is 0 Å². The van der Waals surface area contributed by atoms with E-state index in [9.17, 15) is 9.59 Å². The Morgan fingerprint density at radius 3 is 2.10 bits per heavy atom. The molecule has 0 spiro atoms. The smallest absolute Gasteiger partial charge is 0.306 e. The number of piperidine rings is 1. The molecule has 21 heavy (non-hydrogen) atoms. The number of hydrogen-bond donors (Lipinski definition) is 1. The van der Waals surface area contributed by atoms with Gasteiger partial charge in [-0.2, -0.15) is 0 Å². The first-order chi connectivity index (χ1) is 10.1. The summed E-state index contributed by atoms with van der Waals surface area (Å²) in [6.45, 7) is 1.08. The molecule has 0 aromatic heterocycles. The van der Waals surface area contributed by atoms with Gasteiger partial charge >= 0.3 is 5.97 Å². The lowest BCUT2D eigenvalue weighted by Gasteiger charge is -2.30. The third-order valence-corrected chi connectivity index (χ3v) is 4.87. The molecule has 1 N–H and O–H groups in total. The zero-order chi connectivity index (χ0) is 14.8. The van der Waals surface area contributed by atoms with Crippen LogP contribution in [0.2, 0.25) is 0 Å². The lowest BCUT2D eigenvalue weighted by molar-refractivity contribution is -0.143. The lowest BCUT2D eigenvalue weighted by Crippen LogP contribution is -2.40. The van der Waals surface area contributed by atoms with Crippen molar-refractivity contribution in [2.45, 2.75) is 38.0 Å². The van der Waals surface area contributed by atoms with Crippen LogP contribution in [0.1, 0.15) is 53.9 Å². The summed E-state index contributed by atoms with van der Waals surface area (Å²) in [5.41, 5.74) is 2.05. The van der Waals surface area contributed by atoms with Crippen LogP contribution in [-0.4, -0.2) is 35.0 Å². The number of aliphatic carboxylic acids is 1. The number of benzene rings is 1. The predicted molar refractivity (Wildman–Crippen MR) is 79.3 cm³/mol. The van der Waals surface area contributed by atoms with Crippen molar-refractivity contribution in [1.82, 2.24) is 4.90 Å². The molecule has 2 fully saturated rings. The molecule has 1 heterocycles. The van der Waals surface area contributed by atoms with Gasteiger partial charge in [-0.25, -0.2) is 0 Å². The fourth-order valence-corrected chi connectivity index (χ4v) is 3.15. The minimum absolute atomic E-state index is 0.0269. The molecule has 4 nitrogen and oxygen atoms in total. The summed E-state index contributed by atoms with van der Waals surface area (Å²) in [4.78, 5) is 25.1. The molecule has 1 amide bonds. The van der Waals surface area contributed by atoms with Gasteiger partial charge in [-0.3, -0.25) is 9.59 Å². The van der Waals surface area contributed by atoms with Crippen molar-refractivity contribution >= 4 is 11.9 Å². The number of carboxylic acid groups (broad SMARTS) is 1. The van der Waals surface area contributed by atoms with Crippen molar-refractivity contribution in [2.75, 3.05) is 13.1 Å². The first kappa shape index (κ1) is 14.1. The highest BCUT2D eigenvalue weighted by molar-refractivity contribution is 5.94. The zero-order valence-electron chi connectivity index (χ0n) is 12.1. The topological polar surface area (TPSA) is 57.6 Å². The number of hydrogen-bond acceptors (Lipinski definition) is 2. The molecule has 1 aromatic carbocycles. The molecule has 1 saturated heterocycles. The molecule has 0 radical (unpaired) electrons. The molecular weight excluding hydrogens is 266 g/mol. The molecule has 0 bridgehead atoms. The number of nitrogens with zero attached hydrogens (tertiary/aromatic N) is 1. The van der Waals surface area contributed by atoms with Gasteiger partial charge in [0.1, 0.15) is 0 Å². The quantitative estimate of drug-likeness (QED) is 0.930. The van der Waals surface area contributed by atoms with Gasteiger partial charge in [-0.1, -0.05) is 18.6 Å². The molecule has 112 valence electrons. The molecule has 0 atom stereocenters. The van der Waals surface area contributed by atoms with Crippen molar-refractivity contribution in [3.05, 3.63) is 35.4 Å². The molecule has 0 unspecified atom stereocenters. The number of rotatable bonds is 3. The summed E-state index contributed by atoms with van der Waals surface area (Å²) in [5.74, 6) is -0.332. The molecule has 1 aromatic rings. The highest BCUT2D eigenvalue weighted by atomic mass is 16.4.